The number of nitrogens with zero attached hydrogens (tertiary/aromatic N) is 4. The minimum Gasteiger partial charge on any atom is -0.501 e. The molecule has 0 N–H and O–H groups in total. The molecule has 349 valence electrons. The summed E-state index contributed by atoms with van der Waals surface area (Å²) < 4.78 is 32.6. The average molecular weight is 1090 g/mol. The predicted octanol–water partition coefficient (Wildman–Crippen LogP) is 17.2. The van der Waals surface area contributed by atoms with Crippen LogP contribution >= 0.6 is 0 Å². The van der Waals surface area contributed by atoms with Gasteiger partial charge in [-0.05, 0) is 87.2 Å². The van der Waals surface area contributed by atoms with Crippen molar-refractivity contribution in [3.8, 4) is 61.8 Å². The molecule has 0 aliphatic heterocycles. The second kappa shape index (κ2) is 20.0. The third-order valence-electron chi connectivity index (χ3n) is 12.8. The van der Waals surface area contributed by atoms with Crippen molar-refractivity contribution in [3.05, 3.63) is 217 Å². The standard InChI is InChI=1S/C43H35N2O.C21H21N2.Ir/c1-27(2)36-24-32(30-16-9-6-10-17-30)25-37(28(3)4)41(36)45-39-21-12-11-20-38(39)44-43(45)35-19-13-18-34-33-23-22-31(26-40(33)46-42(34)35)29-14-7-5-8-15-29;1-15-10-11-17(14-18(15)16-8-6-5-7-9-16)20-22-13-12-19(23-20)21(2,3)4;/h5-18,20-28H,1-4H3;5-10,12-14H,1-4H3;/q2*-1;/i;1D3;. The zero-order valence-corrected chi connectivity index (χ0v) is 42.9. The molecule has 70 heavy (non-hydrogen) atoms. The third-order valence-corrected chi connectivity index (χ3v) is 12.8. The smallest absolute Gasteiger partial charge is 0.121 e. The summed E-state index contributed by atoms with van der Waals surface area (Å²) in [6.07, 6.45) is 1.73. The molecule has 6 heteroatoms. The molecule has 0 amide bonds. The predicted molar refractivity (Wildman–Crippen MR) is 287 cm³/mol. The number of furan rings is 1. The molecule has 0 atom stereocenters. The van der Waals surface area contributed by atoms with Crippen LogP contribution in [0.25, 0.3) is 94.8 Å². The first kappa shape index (κ1) is 44.0. The Hall–Kier alpha value is -7.24. The van der Waals surface area contributed by atoms with Crippen LogP contribution < -0.4 is 0 Å². The largest absolute Gasteiger partial charge is 0.501 e. The quantitative estimate of drug-likeness (QED) is 0.142. The number of para-hydroxylation sites is 2. The van der Waals surface area contributed by atoms with Crippen LogP contribution in [0.4, 0.5) is 0 Å². The fraction of sp³-hybridized carbons (Fsp3) is 0.172. The zero-order valence-electron chi connectivity index (χ0n) is 43.5. The van der Waals surface area contributed by atoms with E-state index in [4.69, 9.17) is 13.5 Å². The van der Waals surface area contributed by atoms with Crippen LogP contribution in [-0.2, 0) is 25.5 Å². The van der Waals surface area contributed by atoms with Crippen molar-refractivity contribution in [3.63, 3.8) is 0 Å². The third kappa shape index (κ3) is 9.42. The molecule has 5 nitrogen and oxygen atoms in total. The molecule has 11 aromatic rings. The van der Waals surface area contributed by atoms with Crippen LogP contribution in [0.3, 0.4) is 0 Å². The van der Waals surface area contributed by atoms with Crippen molar-refractivity contribution in [1.29, 1.82) is 0 Å². The van der Waals surface area contributed by atoms with E-state index in [-0.39, 0.29) is 42.9 Å². The van der Waals surface area contributed by atoms with E-state index in [1.54, 1.807) is 6.20 Å². The SMILES string of the molecule is CC(C)c1cc(-c2ccccc2)cc(C(C)C)c1-n1c(-c2[c-]ccc3c2oc2cc(-c4ccccc4)ccc23)nc2ccccc21.[2H]C([2H])([2H])c1c[c-]c(-c2nccc(C(C)(C)C)n2)cc1-c1ccccc1.[Ir]. The molecule has 8 aromatic carbocycles. The van der Waals surface area contributed by atoms with Gasteiger partial charge in [0.05, 0.1) is 28.3 Å². The monoisotopic (exact) mass is 1090 g/mol. The summed E-state index contributed by atoms with van der Waals surface area (Å²) in [6.45, 7) is 13.2. The van der Waals surface area contributed by atoms with Gasteiger partial charge in [0.25, 0.3) is 0 Å². The Morgan fingerprint density at radius 2 is 1.24 bits per heavy atom. The van der Waals surface area contributed by atoms with E-state index in [2.05, 4.69) is 190 Å². The number of aromatic nitrogens is 4. The molecule has 0 bridgehead atoms. The van der Waals surface area contributed by atoms with Gasteiger partial charge in [0.15, 0.2) is 0 Å². The molecule has 0 saturated carbocycles. The zero-order chi connectivity index (χ0) is 50.3. The summed E-state index contributed by atoms with van der Waals surface area (Å²) in [5.74, 6) is 1.96. The summed E-state index contributed by atoms with van der Waals surface area (Å²) in [5, 5.41) is 2.15. The number of hydrogen-bond donors (Lipinski definition) is 0. The Kier molecular flexibility index (Phi) is 12.6. The van der Waals surface area contributed by atoms with Crippen molar-refractivity contribution in [2.75, 3.05) is 0 Å². The molecule has 0 spiro atoms. The van der Waals surface area contributed by atoms with Gasteiger partial charge in [-0.3, -0.25) is 15.0 Å². The Balaban J connectivity index is 0.000000207. The van der Waals surface area contributed by atoms with Crippen LogP contribution in [0.1, 0.15) is 86.8 Å². The van der Waals surface area contributed by atoms with E-state index in [1.807, 2.05) is 54.6 Å². The maximum Gasteiger partial charge on any atom is 0.121 e. The Morgan fingerprint density at radius 1 is 0.614 bits per heavy atom. The van der Waals surface area contributed by atoms with Crippen LogP contribution in [0.5, 0.6) is 0 Å². The number of rotatable bonds is 8. The molecular weight excluding hydrogens is 1030 g/mol. The Morgan fingerprint density at radius 3 is 1.89 bits per heavy atom. The second-order valence-corrected chi connectivity index (χ2v) is 19.3. The van der Waals surface area contributed by atoms with Crippen molar-refractivity contribution in [2.45, 2.75) is 72.6 Å². The first-order valence-electron chi connectivity index (χ1n) is 25.2. The van der Waals surface area contributed by atoms with Crippen LogP contribution in [0.2, 0.25) is 0 Å². The van der Waals surface area contributed by atoms with Crippen LogP contribution in [-0.4, -0.2) is 19.5 Å². The summed E-state index contributed by atoms with van der Waals surface area (Å²) in [4.78, 5) is 14.3. The summed E-state index contributed by atoms with van der Waals surface area (Å²) >= 11 is 0. The van der Waals surface area contributed by atoms with Crippen LogP contribution in [0, 0.1) is 19.0 Å². The van der Waals surface area contributed by atoms with Gasteiger partial charge in [-0.15, -0.1) is 47.5 Å². The molecular formula is C64H56IrN4O-2. The van der Waals surface area contributed by atoms with E-state index in [0.29, 0.717) is 17.0 Å². The van der Waals surface area contributed by atoms with Crippen molar-refractivity contribution in [1.82, 2.24) is 19.5 Å². The summed E-state index contributed by atoms with van der Waals surface area (Å²) in [5.41, 5.74) is 16.4. The van der Waals surface area contributed by atoms with E-state index in [9.17, 15) is 0 Å². The molecule has 0 unspecified atom stereocenters. The van der Waals surface area contributed by atoms with Crippen LogP contribution in [0.15, 0.2) is 187 Å². The molecule has 0 aliphatic rings. The van der Waals surface area contributed by atoms with E-state index < -0.39 is 6.85 Å². The topological polar surface area (TPSA) is 56.7 Å². The van der Waals surface area contributed by atoms with Gasteiger partial charge in [0.2, 0.25) is 0 Å². The van der Waals surface area contributed by atoms with Gasteiger partial charge in [-0.2, -0.15) is 0 Å². The van der Waals surface area contributed by atoms with Gasteiger partial charge < -0.3 is 8.98 Å². The minimum atomic E-state index is -2.21. The molecule has 0 aliphatic carbocycles. The second-order valence-electron chi connectivity index (χ2n) is 19.3. The van der Waals surface area contributed by atoms with E-state index in [1.165, 1.54) is 39.6 Å². The number of hydrogen-bond acceptors (Lipinski definition) is 4. The van der Waals surface area contributed by atoms with Gasteiger partial charge in [0, 0.05) is 52.6 Å². The summed E-state index contributed by atoms with van der Waals surface area (Å²) in [6, 6.07) is 66.3. The molecule has 1 radical (unpaired) electrons. The number of fused-ring (bicyclic) bond motifs is 4. The fourth-order valence-electron chi connectivity index (χ4n) is 9.14. The summed E-state index contributed by atoms with van der Waals surface area (Å²) in [7, 11) is 0. The number of aryl methyl sites for hydroxylation is 1. The number of imidazole rings is 1. The molecule has 0 fully saturated rings. The fourth-order valence-corrected chi connectivity index (χ4v) is 9.14. The first-order valence-corrected chi connectivity index (χ1v) is 23.7. The van der Waals surface area contributed by atoms with Crippen molar-refractivity contribution < 1.29 is 28.6 Å². The van der Waals surface area contributed by atoms with Crippen molar-refractivity contribution >= 4 is 33.0 Å². The molecule has 3 heterocycles. The average Bonchev–Trinajstić information content (AvgIpc) is 3.97. The maximum atomic E-state index is 7.84. The van der Waals surface area contributed by atoms with Gasteiger partial charge in [-0.25, -0.2) is 0 Å². The number of benzene rings is 8. The van der Waals surface area contributed by atoms with Crippen molar-refractivity contribution in [2.24, 2.45) is 0 Å². The molecule has 3 aromatic heterocycles. The van der Waals surface area contributed by atoms with Gasteiger partial charge in [-0.1, -0.05) is 187 Å². The Bertz CT molecular complexity index is 3690. The Labute approximate surface area is 429 Å². The van der Waals surface area contributed by atoms with E-state index >= 15 is 0 Å². The van der Waals surface area contributed by atoms with Gasteiger partial charge in [0.1, 0.15) is 5.58 Å². The maximum absolute atomic E-state index is 7.84. The molecule has 0 saturated heterocycles. The minimum absolute atomic E-state index is 0. The van der Waals surface area contributed by atoms with E-state index in [0.717, 1.165) is 61.2 Å². The normalized spacial score (nSPS) is 12.4. The molecule has 11 rings (SSSR count). The first-order chi connectivity index (χ1) is 34.6. The van der Waals surface area contributed by atoms with Gasteiger partial charge >= 0.3 is 0 Å².